The molecule has 0 N–H and O–H groups in total. The Morgan fingerprint density at radius 3 is 2.81 bits per heavy atom. The molecule has 1 aromatic rings. The van der Waals surface area contributed by atoms with Crippen LogP contribution < -0.4 is 4.74 Å². The first kappa shape index (κ1) is 16.1. The molecule has 21 heavy (non-hydrogen) atoms. The number of aryl methyl sites for hydroxylation is 1. The maximum Gasteiger partial charge on any atom is 0.573 e. The first-order chi connectivity index (χ1) is 10.0. The lowest BCUT2D eigenvalue weighted by molar-refractivity contribution is -0.274. The maximum atomic E-state index is 12.1. The van der Waals surface area contributed by atoms with Crippen molar-refractivity contribution < 1.29 is 27.4 Å². The SMILES string of the molecule is FC(F)(F)Oc1cccc(CCCOC2CCCCO2)c1. The molecule has 0 bridgehead atoms. The third-order valence-electron chi connectivity index (χ3n) is 3.18. The van der Waals surface area contributed by atoms with Crippen molar-refractivity contribution in [3.8, 4) is 5.75 Å². The summed E-state index contributed by atoms with van der Waals surface area (Å²) in [6, 6.07) is 6.04. The minimum absolute atomic E-state index is 0.126. The number of benzene rings is 1. The van der Waals surface area contributed by atoms with Crippen LogP contribution in [0.4, 0.5) is 13.2 Å². The highest BCUT2D eigenvalue weighted by molar-refractivity contribution is 5.28. The predicted molar refractivity (Wildman–Crippen MR) is 71.0 cm³/mol. The van der Waals surface area contributed by atoms with Crippen LogP contribution in [0.3, 0.4) is 0 Å². The van der Waals surface area contributed by atoms with E-state index in [1.807, 2.05) is 0 Å². The lowest BCUT2D eigenvalue weighted by atomic mass is 10.1. The van der Waals surface area contributed by atoms with E-state index in [1.165, 1.54) is 12.1 Å². The summed E-state index contributed by atoms with van der Waals surface area (Å²) in [5.41, 5.74) is 0.796. The first-order valence-corrected chi connectivity index (χ1v) is 7.11. The Balaban J connectivity index is 1.71. The van der Waals surface area contributed by atoms with Gasteiger partial charge in [0.1, 0.15) is 5.75 Å². The van der Waals surface area contributed by atoms with Crippen LogP contribution in [0.1, 0.15) is 31.2 Å². The molecule has 0 spiro atoms. The third kappa shape index (κ3) is 6.35. The van der Waals surface area contributed by atoms with Crippen molar-refractivity contribution >= 4 is 0 Å². The maximum absolute atomic E-state index is 12.1. The van der Waals surface area contributed by atoms with Gasteiger partial charge in [-0.1, -0.05) is 12.1 Å². The van der Waals surface area contributed by atoms with Gasteiger partial charge in [-0.05, 0) is 49.8 Å². The number of rotatable bonds is 6. The monoisotopic (exact) mass is 304 g/mol. The number of ether oxygens (including phenoxy) is 3. The molecule has 1 saturated heterocycles. The third-order valence-corrected chi connectivity index (χ3v) is 3.18. The summed E-state index contributed by atoms with van der Waals surface area (Å²) >= 11 is 0. The fourth-order valence-electron chi connectivity index (χ4n) is 2.23. The molecule has 1 unspecified atom stereocenters. The summed E-state index contributed by atoms with van der Waals surface area (Å²) in [7, 11) is 0. The van der Waals surface area contributed by atoms with Crippen LogP contribution >= 0.6 is 0 Å². The molecule has 2 rings (SSSR count). The van der Waals surface area contributed by atoms with Crippen molar-refractivity contribution in [1.29, 1.82) is 0 Å². The molecule has 3 nitrogen and oxygen atoms in total. The van der Waals surface area contributed by atoms with Crippen molar-refractivity contribution in [2.24, 2.45) is 0 Å². The second-order valence-electron chi connectivity index (χ2n) is 4.97. The Bertz CT molecular complexity index is 428. The molecule has 0 aromatic heterocycles. The molecule has 118 valence electrons. The van der Waals surface area contributed by atoms with Crippen LogP contribution in [0.15, 0.2) is 24.3 Å². The summed E-state index contributed by atoms with van der Waals surface area (Å²) in [6.45, 7) is 1.27. The minimum atomic E-state index is -4.65. The second kappa shape index (κ2) is 7.66. The molecule has 1 fully saturated rings. The average molecular weight is 304 g/mol. The van der Waals surface area contributed by atoms with E-state index in [2.05, 4.69) is 4.74 Å². The fourth-order valence-corrected chi connectivity index (χ4v) is 2.23. The average Bonchev–Trinajstić information content (AvgIpc) is 2.43. The highest BCUT2D eigenvalue weighted by atomic mass is 19.4. The highest BCUT2D eigenvalue weighted by Crippen LogP contribution is 2.23. The van der Waals surface area contributed by atoms with E-state index in [9.17, 15) is 13.2 Å². The highest BCUT2D eigenvalue weighted by Gasteiger charge is 2.31. The van der Waals surface area contributed by atoms with Crippen molar-refractivity contribution in [3.05, 3.63) is 29.8 Å². The summed E-state index contributed by atoms with van der Waals surface area (Å²) in [5.74, 6) is -0.184. The van der Waals surface area contributed by atoms with E-state index in [0.29, 0.717) is 13.0 Å². The zero-order valence-electron chi connectivity index (χ0n) is 11.7. The molecule has 0 saturated carbocycles. The fraction of sp³-hybridized carbons (Fsp3) is 0.600. The quantitative estimate of drug-likeness (QED) is 0.742. The molecular formula is C15H19F3O3. The zero-order chi connectivity index (χ0) is 15.1. The Morgan fingerprint density at radius 2 is 2.10 bits per heavy atom. The molecule has 1 aliphatic rings. The summed E-state index contributed by atoms with van der Waals surface area (Å²) in [5, 5.41) is 0. The Labute approximate surface area is 122 Å². The molecule has 1 atom stereocenters. The smallest absolute Gasteiger partial charge is 0.406 e. The summed E-state index contributed by atoms with van der Waals surface area (Å²) in [4.78, 5) is 0. The Hall–Kier alpha value is -1.27. The van der Waals surface area contributed by atoms with Crippen LogP contribution in [0.25, 0.3) is 0 Å². The Morgan fingerprint density at radius 1 is 1.24 bits per heavy atom. The number of halogens is 3. The van der Waals surface area contributed by atoms with Gasteiger partial charge in [0.2, 0.25) is 0 Å². The number of hydrogen-bond acceptors (Lipinski definition) is 3. The Kier molecular flexibility index (Phi) is 5.87. The van der Waals surface area contributed by atoms with Gasteiger partial charge in [0.15, 0.2) is 6.29 Å². The van der Waals surface area contributed by atoms with Crippen LogP contribution in [0, 0.1) is 0 Å². The van der Waals surface area contributed by atoms with Gasteiger partial charge in [0.05, 0.1) is 6.61 Å². The van der Waals surface area contributed by atoms with Crippen LogP contribution in [-0.2, 0) is 15.9 Å². The largest absolute Gasteiger partial charge is 0.573 e. The van der Waals surface area contributed by atoms with E-state index in [4.69, 9.17) is 9.47 Å². The minimum Gasteiger partial charge on any atom is -0.406 e. The number of hydrogen-bond donors (Lipinski definition) is 0. The van der Waals surface area contributed by atoms with Gasteiger partial charge in [-0.3, -0.25) is 0 Å². The van der Waals surface area contributed by atoms with Crippen molar-refractivity contribution in [2.45, 2.75) is 44.8 Å². The van der Waals surface area contributed by atoms with Crippen molar-refractivity contribution in [1.82, 2.24) is 0 Å². The molecule has 1 aliphatic heterocycles. The van der Waals surface area contributed by atoms with Gasteiger partial charge in [-0.2, -0.15) is 0 Å². The zero-order valence-corrected chi connectivity index (χ0v) is 11.7. The van der Waals surface area contributed by atoms with E-state index in [-0.39, 0.29) is 12.0 Å². The van der Waals surface area contributed by atoms with Gasteiger partial charge < -0.3 is 14.2 Å². The second-order valence-corrected chi connectivity index (χ2v) is 4.97. The molecule has 1 aromatic carbocycles. The van der Waals surface area contributed by atoms with E-state index in [1.54, 1.807) is 12.1 Å². The van der Waals surface area contributed by atoms with Gasteiger partial charge in [-0.25, -0.2) is 0 Å². The normalized spacial score (nSPS) is 19.5. The van der Waals surface area contributed by atoms with Crippen LogP contribution in [-0.4, -0.2) is 25.9 Å². The molecule has 6 heteroatoms. The standard InChI is InChI=1S/C15H19F3O3/c16-15(17,18)21-13-7-3-5-12(11-13)6-4-10-20-14-8-1-2-9-19-14/h3,5,7,11,14H,1-2,4,6,8-10H2. The van der Waals surface area contributed by atoms with E-state index in [0.717, 1.165) is 37.9 Å². The van der Waals surface area contributed by atoms with Gasteiger partial charge in [0, 0.05) is 6.61 Å². The molecule has 0 amide bonds. The lowest BCUT2D eigenvalue weighted by Gasteiger charge is -2.22. The molecule has 1 heterocycles. The van der Waals surface area contributed by atoms with Crippen molar-refractivity contribution in [2.75, 3.05) is 13.2 Å². The van der Waals surface area contributed by atoms with Gasteiger partial charge in [-0.15, -0.1) is 13.2 Å². The van der Waals surface area contributed by atoms with Gasteiger partial charge in [0.25, 0.3) is 0 Å². The van der Waals surface area contributed by atoms with Crippen LogP contribution in [0.5, 0.6) is 5.75 Å². The lowest BCUT2D eigenvalue weighted by Crippen LogP contribution is -2.22. The van der Waals surface area contributed by atoms with Crippen molar-refractivity contribution in [3.63, 3.8) is 0 Å². The van der Waals surface area contributed by atoms with Gasteiger partial charge >= 0.3 is 6.36 Å². The summed E-state index contributed by atoms with van der Waals surface area (Å²) in [6.07, 6.45) is -0.307. The first-order valence-electron chi connectivity index (χ1n) is 7.11. The molecule has 0 radical (unpaired) electrons. The van der Waals surface area contributed by atoms with E-state index < -0.39 is 6.36 Å². The number of alkyl halides is 3. The molecule has 0 aliphatic carbocycles. The molecular weight excluding hydrogens is 285 g/mol. The predicted octanol–water partition coefficient (Wildman–Crippen LogP) is 4.06. The van der Waals surface area contributed by atoms with E-state index >= 15 is 0 Å². The topological polar surface area (TPSA) is 27.7 Å². The van der Waals surface area contributed by atoms with Crippen LogP contribution in [0.2, 0.25) is 0 Å². The summed E-state index contributed by atoms with van der Waals surface area (Å²) < 4.78 is 51.3.